The highest BCUT2D eigenvalue weighted by atomic mass is 32.2. The van der Waals surface area contributed by atoms with Crippen LogP contribution in [-0.4, -0.2) is 105 Å². The van der Waals surface area contributed by atoms with Crippen LogP contribution in [-0.2, 0) is 20.9 Å². The van der Waals surface area contributed by atoms with Crippen molar-refractivity contribution in [3.05, 3.63) is 23.8 Å². The summed E-state index contributed by atoms with van der Waals surface area (Å²) in [6.45, 7) is 6.39. The lowest BCUT2D eigenvalue weighted by Gasteiger charge is -2.35. The standard InChI is InChI=1S/C21H31N3O5S/c1-27-18-4-3-17(13-19(18)28-2)14-22-5-7-23(8-6-22)20(25)15-30-16-21(26)24-9-11-29-12-10-24/h3-4,13H,5-12,14-16H2,1-2H3. The maximum Gasteiger partial charge on any atom is 0.232 e. The molecule has 0 radical (unpaired) electrons. The lowest BCUT2D eigenvalue weighted by atomic mass is 10.1. The minimum atomic E-state index is 0.0934. The molecule has 2 aliphatic rings. The van der Waals surface area contributed by atoms with Crippen molar-refractivity contribution in [3.63, 3.8) is 0 Å². The Kier molecular flexibility index (Phi) is 8.65. The minimum absolute atomic E-state index is 0.0934. The number of hydrogen-bond donors (Lipinski definition) is 0. The van der Waals surface area contributed by atoms with E-state index in [0.29, 0.717) is 50.9 Å². The highest BCUT2D eigenvalue weighted by molar-refractivity contribution is 8.00. The monoisotopic (exact) mass is 437 g/mol. The number of hydrogen-bond acceptors (Lipinski definition) is 7. The van der Waals surface area contributed by atoms with E-state index in [1.165, 1.54) is 11.8 Å². The largest absolute Gasteiger partial charge is 0.493 e. The van der Waals surface area contributed by atoms with Crippen LogP contribution in [0.2, 0.25) is 0 Å². The van der Waals surface area contributed by atoms with Gasteiger partial charge >= 0.3 is 0 Å². The molecule has 0 atom stereocenters. The van der Waals surface area contributed by atoms with Crippen LogP contribution >= 0.6 is 11.8 Å². The summed E-state index contributed by atoms with van der Waals surface area (Å²) in [5.74, 6) is 2.36. The number of carbonyl (C=O) groups excluding carboxylic acids is 2. The van der Waals surface area contributed by atoms with Gasteiger partial charge in [-0.25, -0.2) is 0 Å². The quantitative estimate of drug-likeness (QED) is 0.599. The predicted molar refractivity (Wildman–Crippen MR) is 116 cm³/mol. The summed E-state index contributed by atoms with van der Waals surface area (Å²) >= 11 is 1.41. The van der Waals surface area contributed by atoms with E-state index in [0.717, 1.165) is 36.7 Å². The number of ether oxygens (including phenoxy) is 3. The molecule has 0 aliphatic carbocycles. The summed E-state index contributed by atoms with van der Waals surface area (Å²) in [6.07, 6.45) is 0. The Bertz CT molecular complexity index is 719. The molecule has 2 amide bonds. The highest BCUT2D eigenvalue weighted by Gasteiger charge is 2.22. The molecule has 0 N–H and O–H groups in total. The zero-order chi connectivity index (χ0) is 21.3. The first-order chi connectivity index (χ1) is 14.6. The summed E-state index contributed by atoms with van der Waals surface area (Å²) in [5.41, 5.74) is 1.16. The summed E-state index contributed by atoms with van der Waals surface area (Å²) < 4.78 is 15.9. The van der Waals surface area contributed by atoms with Gasteiger partial charge in [-0.3, -0.25) is 14.5 Å². The van der Waals surface area contributed by atoms with Crippen molar-refractivity contribution in [2.45, 2.75) is 6.54 Å². The number of thioether (sulfide) groups is 1. The molecule has 0 aromatic heterocycles. The van der Waals surface area contributed by atoms with Crippen LogP contribution in [0.3, 0.4) is 0 Å². The molecule has 30 heavy (non-hydrogen) atoms. The predicted octanol–water partition coefficient (Wildman–Crippen LogP) is 0.940. The van der Waals surface area contributed by atoms with Crippen LogP contribution < -0.4 is 9.47 Å². The normalized spacial score (nSPS) is 17.7. The van der Waals surface area contributed by atoms with E-state index in [9.17, 15) is 9.59 Å². The number of morpholine rings is 1. The molecule has 8 nitrogen and oxygen atoms in total. The summed E-state index contributed by atoms with van der Waals surface area (Å²) in [6, 6.07) is 5.96. The van der Waals surface area contributed by atoms with Gasteiger partial charge in [0.25, 0.3) is 0 Å². The number of piperazine rings is 1. The summed E-state index contributed by atoms with van der Waals surface area (Å²) in [7, 11) is 3.27. The van der Waals surface area contributed by atoms with Crippen molar-refractivity contribution in [2.75, 3.05) is 78.2 Å². The number of methoxy groups -OCH3 is 2. The first kappa shape index (κ1) is 22.7. The molecule has 0 saturated carbocycles. The molecule has 2 saturated heterocycles. The Labute approximate surface area is 182 Å². The Morgan fingerprint density at radius 3 is 2.10 bits per heavy atom. The number of amides is 2. The maximum absolute atomic E-state index is 12.5. The molecular weight excluding hydrogens is 406 g/mol. The van der Waals surface area contributed by atoms with Gasteiger partial charge in [-0.05, 0) is 17.7 Å². The van der Waals surface area contributed by atoms with Crippen LogP contribution in [0.4, 0.5) is 0 Å². The smallest absolute Gasteiger partial charge is 0.232 e. The van der Waals surface area contributed by atoms with E-state index in [-0.39, 0.29) is 11.8 Å². The fourth-order valence-electron chi connectivity index (χ4n) is 3.61. The number of benzene rings is 1. The molecule has 0 bridgehead atoms. The first-order valence-corrected chi connectivity index (χ1v) is 11.4. The SMILES string of the molecule is COc1ccc(CN2CCN(C(=O)CSCC(=O)N3CCOCC3)CC2)cc1OC. The van der Waals surface area contributed by atoms with Gasteiger partial charge in [0.1, 0.15) is 0 Å². The van der Waals surface area contributed by atoms with Crippen molar-refractivity contribution in [3.8, 4) is 11.5 Å². The second kappa shape index (κ2) is 11.4. The van der Waals surface area contributed by atoms with E-state index in [4.69, 9.17) is 14.2 Å². The second-order valence-electron chi connectivity index (χ2n) is 7.33. The van der Waals surface area contributed by atoms with Crippen molar-refractivity contribution in [1.29, 1.82) is 0 Å². The zero-order valence-corrected chi connectivity index (χ0v) is 18.6. The molecule has 3 rings (SSSR count). The third kappa shape index (κ3) is 6.26. The molecule has 0 spiro atoms. The van der Waals surface area contributed by atoms with E-state index in [2.05, 4.69) is 4.90 Å². The maximum atomic E-state index is 12.5. The van der Waals surface area contributed by atoms with Gasteiger partial charge in [0.15, 0.2) is 11.5 Å². The Hall–Kier alpha value is -1.97. The summed E-state index contributed by atoms with van der Waals surface area (Å²) in [4.78, 5) is 30.7. The van der Waals surface area contributed by atoms with E-state index in [1.807, 2.05) is 28.0 Å². The van der Waals surface area contributed by atoms with Crippen molar-refractivity contribution < 1.29 is 23.8 Å². The molecule has 9 heteroatoms. The average molecular weight is 438 g/mol. The number of rotatable bonds is 8. The van der Waals surface area contributed by atoms with Crippen LogP contribution in [0, 0.1) is 0 Å². The minimum Gasteiger partial charge on any atom is -0.493 e. The fraction of sp³-hybridized carbons (Fsp3) is 0.619. The highest BCUT2D eigenvalue weighted by Crippen LogP contribution is 2.28. The fourth-order valence-corrected chi connectivity index (χ4v) is 4.43. The van der Waals surface area contributed by atoms with Gasteiger partial charge in [-0.2, -0.15) is 0 Å². The van der Waals surface area contributed by atoms with Gasteiger partial charge < -0.3 is 24.0 Å². The number of nitrogens with zero attached hydrogens (tertiary/aromatic N) is 3. The molecule has 2 fully saturated rings. The van der Waals surface area contributed by atoms with Crippen molar-refractivity contribution >= 4 is 23.6 Å². The lowest BCUT2D eigenvalue weighted by Crippen LogP contribution is -2.49. The van der Waals surface area contributed by atoms with Crippen LogP contribution in [0.1, 0.15) is 5.56 Å². The van der Waals surface area contributed by atoms with Crippen molar-refractivity contribution in [1.82, 2.24) is 14.7 Å². The molecule has 166 valence electrons. The van der Waals surface area contributed by atoms with Gasteiger partial charge in [0.2, 0.25) is 11.8 Å². The Morgan fingerprint density at radius 1 is 0.900 bits per heavy atom. The van der Waals surface area contributed by atoms with E-state index >= 15 is 0 Å². The van der Waals surface area contributed by atoms with Gasteiger partial charge in [0, 0.05) is 45.8 Å². The third-order valence-corrected chi connectivity index (χ3v) is 6.30. The molecular formula is C21H31N3O5S. The first-order valence-electron chi connectivity index (χ1n) is 10.2. The molecule has 1 aromatic carbocycles. The van der Waals surface area contributed by atoms with Crippen LogP contribution in [0.5, 0.6) is 11.5 Å². The van der Waals surface area contributed by atoms with Crippen LogP contribution in [0.15, 0.2) is 18.2 Å². The third-order valence-electron chi connectivity index (χ3n) is 5.39. The van der Waals surface area contributed by atoms with Crippen molar-refractivity contribution in [2.24, 2.45) is 0 Å². The average Bonchev–Trinajstić information content (AvgIpc) is 2.79. The molecule has 2 aliphatic heterocycles. The molecule has 1 aromatic rings. The van der Waals surface area contributed by atoms with E-state index in [1.54, 1.807) is 14.2 Å². The van der Waals surface area contributed by atoms with Gasteiger partial charge in [-0.15, -0.1) is 11.8 Å². The van der Waals surface area contributed by atoms with E-state index < -0.39 is 0 Å². The Balaban J connectivity index is 1.37. The molecule has 2 heterocycles. The Morgan fingerprint density at radius 2 is 1.50 bits per heavy atom. The second-order valence-corrected chi connectivity index (χ2v) is 8.32. The lowest BCUT2D eigenvalue weighted by molar-refractivity contribution is -0.132. The molecule has 0 unspecified atom stereocenters. The summed E-state index contributed by atoms with van der Waals surface area (Å²) in [5, 5.41) is 0. The van der Waals surface area contributed by atoms with Crippen LogP contribution in [0.25, 0.3) is 0 Å². The topological polar surface area (TPSA) is 71.6 Å². The number of carbonyl (C=O) groups is 2. The zero-order valence-electron chi connectivity index (χ0n) is 17.8. The van der Waals surface area contributed by atoms with Gasteiger partial charge in [0.05, 0.1) is 38.9 Å². The van der Waals surface area contributed by atoms with Gasteiger partial charge in [-0.1, -0.05) is 6.07 Å².